The van der Waals surface area contributed by atoms with E-state index in [2.05, 4.69) is 0 Å². The van der Waals surface area contributed by atoms with Gasteiger partial charge in [-0.05, 0) is 31.2 Å². The van der Waals surface area contributed by atoms with E-state index in [9.17, 15) is 4.79 Å². The van der Waals surface area contributed by atoms with Crippen LogP contribution in [0.5, 0.6) is 5.75 Å². The zero-order chi connectivity index (χ0) is 16.8. The summed E-state index contributed by atoms with van der Waals surface area (Å²) in [5, 5.41) is 9.74. The third kappa shape index (κ3) is 4.62. The fourth-order valence-electron chi connectivity index (χ4n) is 1.81. The number of esters is 1. The molecule has 1 atom stereocenters. The second-order valence-corrected chi connectivity index (χ2v) is 5.54. The van der Waals surface area contributed by atoms with Crippen LogP contribution >= 0.6 is 23.2 Å². The van der Waals surface area contributed by atoms with E-state index in [0.29, 0.717) is 15.8 Å². The van der Waals surface area contributed by atoms with Crippen LogP contribution in [0.15, 0.2) is 42.5 Å². The van der Waals surface area contributed by atoms with Gasteiger partial charge in [-0.25, -0.2) is 4.79 Å². The Kier molecular flexibility index (Phi) is 5.86. The van der Waals surface area contributed by atoms with Crippen molar-refractivity contribution in [3.05, 3.63) is 63.6 Å². The van der Waals surface area contributed by atoms with Crippen LogP contribution in [-0.2, 0) is 11.3 Å². The summed E-state index contributed by atoms with van der Waals surface area (Å²) in [6, 6.07) is 13.6. The topological polar surface area (TPSA) is 59.3 Å². The third-order valence-electron chi connectivity index (χ3n) is 2.97. The predicted molar refractivity (Wildman–Crippen MR) is 87.7 cm³/mol. The summed E-state index contributed by atoms with van der Waals surface area (Å²) >= 11 is 11.9. The van der Waals surface area contributed by atoms with Gasteiger partial charge in [-0.15, -0.1) is 0 Å². The molecule has 0 aliphatic carbocycles. The van der Waals surface area contributed by atoms with E-state index in [4.69, 9.17) is 37.9 Å². The Hall–Kier alpha value is -2.22. The van der Waals surface area contributed by atoms with Crippen LogP contribution in [0.4, 0.5) is 0 Å². The van der Waals surface area contributed by atoms with Gasteiger partial charge in [0.05, 0.1) is 0 Å². The van der Waals surface area contributed by atoms with E-state index >= 15 is 0 Å². The van der Waals surface area contributed by atoms with Crippen LogP contribution < -0.4 is 4.74 Å². The van der Waals surface area contributed by atoms with Gasteiger partial charge in [0.25, 0.3) is 0 Å². The maximum atomic E-state index is 12.1. The highest BCUT2D eigenvalue weighted by Crippen LogP contribution is 2.25. The van der Waals surface area contributed by atoms with E-state index in [1.165, 1.54) is 6.92 Å². The maximum absolute atomic E-state index is 12.1. The van der Waals surface area contributed by atoms with Gasteiger partial charge in [-0.3, -0.25) is 0 Å². The molecule has 2 rings (SSSR count). The molecule has 0 bridgehead atoms. The number of nitriles is 1. The van der Waals surface area contributed by atoms with E-state index in [0.717, 1.165) is 5.56 Å². The summed E-state index contributed by atoms with van der Waals surface area (Å²) in [6.45, 7) is 1.67. The Morgan fingerprint density at radius 3 is 2.70 bits per heavy atom. The van der Waals surface area contributed by atoms with Crippen molar-refractivity contribution in [2.24, 2.45) is 0 Å². The smallest absolute Gasteiger partial charge is 0.343 e. The number of ether oxygens (including phenoxy) is 2. The standard InChI is InChI=1S/C17H13Cl2NO3/c1-11(9-20)23-17(21)14-4-2-3-5-16(14)22-10-12-6-7-13(18)8-15(12)19/h2-8,11H,10H2,1H3. The van der Waals surface area contributed by atoms with Gasteiger partial charge in [0.2, 0.25) is 0 Å². The van der Waals surface area contributed by atoms with Gasteiger partial charge in [-0.1, -0.05) is 41.4 Å². The number of rotatable bonds is 5. The molecule has 0 spiro atoms. The molecule has 0 aromatic heterocycles. The molecular formula is C17H13Cl2NO3. The van der Waals surface area contributed by atoms with E-state index in [1.54, 1.807) is 42.5 Å². The van der Waals surface area contributed by atoms with Gasteiger partial charge < -0.3 is 9.47 Å². The number of carbonyl (C=O) groups excluding carboxylic acids is 1. The first kappa shape index (κ1) is 17.1. The molecule has 0 N–H and O–H groups in total. The number of hydrogen-bond donors (Lipinski definition) is 0. The van der Waals surface area contributed by atoms with Crippen molar-refractivity contribution in [1.29, 1.82) is 5.26 Å². The maximum Gasteiger partial charge on any atom is 0.343 e. The molecule has 0 radical (unpaired) electrons. The molecule has 23 heavy (non-hydrogen) atoms. The molecule has 4 nitrogen and oxygen atoms in total. The Morgan fingerprint density at radius 2 is 2.00 bits per heavy atom. The minimum Gasteiger partial charge on any atom is -0.488 e. The molecular weight excluding hydrogens is 337 g/mol. The fourth-order valence-corrected chi connectivity index (χ4v) is 2.27. The van der Waals surface area contributed by atoms with Gasteiger partial charge >= 0.3 is 5.97 Å². The van der Waals surface area contributed by atoms with Crippen molar-refractivity contribution >= 4 is 29.2 Å². The molecule has 6 heteroatoms. The van der Waals surface area contributed by atoms with Crippen molar-refractivity contribution in [3.63, 3.8) is 0 Å². The Balaban J connectivity index is 2.14. The number of halogens is 2. The number of nitrogens with zero attached hydrogens (tertiary/aromatic N) is 1. The van der Waals surface area contributed by atoms with Gasteiger partial charge in [0, 0.05) is 15.6 Å². The number of benzene rings is 2. The Bertz CT molecular complexity index is 756. The lowest BCUT2D eigenvalue weighted by Gasteiger charge is -2.12. The van der Waals surface area contributed by atoms with E-state index in [-0.39, 0.29) is 12.2 Å². The highest BCUT2D eigenvalue weighted by atomic mass is 35.5. The lowest BCUT2D eigenvalue weighted by Crippen LogP contribution is -2.14. The lowest BCUT2D eigenvalue weighted by atomic mass is 10.2. The second kappa shape index (κ2) is 7.87. The van der Waals surface area contributed by atoms with Crippen LogP contribution in [0.25, 0.3) is 0 Å². The molecule has 118 valence electrons. The molecule has 0 amide bonds. The first-order chi connectivity index (χ1) is 11.0. The minimum absolute atomic E-state index is 0.175. The second-order valence-electron chi connectivity index (χ2n) is 4.70. The zero-order valence-electron chi connectivity index (χ0n) is 12.3. The highest BCUT2D eigenvalue weighted by molar-refractivity contribution is 6.35. The molecule has 0 saturated carbocycles. The predicted octanol–water partition coefficient (Wildman–Crippen LogP) is 4.64. The molecule has 0 aliphatic rings. The summed E-state index contributed by atoms with van der Waals surface area (Å²) in [4.78, 5) is 12.1. The van der Waals surface area contributed by atoms with Crippen molar-refractivity contribution in [2.75, 3.05) is 0 Å². The summed E-state index contributed by atoms with van der Waals surface area (Å²) in [6.07, 6.45) is -0.832. The molecule has 0 aliphatic heterocycles. The highest BCUT2D eigenvalue weighted by Gasteiger charge is 2.16. The summed E-state index contributed by atoms with van der Waals surface area (Å²) < 4.78 is 10.7. The Labute approximate surface area is 144 Å². The number of hydrogen-bond acceptors (Lipinski definition) is 4. The monoisotopic (exact) mass is 349 g/mol. The van der Waals surface area contributed by atoms with Gasteiger partial charge in [-0.2, -0.15) is 5.26 Å². The normalized spacial score (nSPS) is 11.4. The van der Waals surface area contributed by atoms with Crippen molar-refractivity contribution in [1.82, 2.24) is 0 Å². The van der Waals surface area contributed by atoms with E-state index in [1.807, 2.05) is 6.07 Å². The van der Waals surface area contributed by atoms with Crippen molar-refractivity contribution in [3.8, 4) is 11.8 Å². The molecule has 2 aromatic carbocycles. The van der Waals surface area contributed by atoms with E-state index < -0.39 is 12.1 Å². The number of carbonyl (C=O) groups is 1. The average molecular weight is 350 g/mol. The van der Waals surface area contributed by atoms with Gasteiger partial charge in [0.1, 0.15) is 24.0 Å². The summed E-state index contributed by atoms with van der Waals surface area (Å²) in [5.41, 5.74) is 0.990. The minimum atomic E-state index is -0.832. The first-order valence-corrected chi connectivity index (χ1v) is 7.53. The third-order valence-corrected chi connectivity index (χ3v) is 3.56. The Morgan fingerprint density at radius 1 is 1.26 bits per heavy atom. The largest absolute Gasteiger partial charge is 0.488 e. The van der Waals surface area contributed by atoms with Crippen LogP contribution in [0.3, 0.4) is 0 Å². The molecule has 0 heterocycles. The van der Waals surface area contributed by atoms with Crippen LogP contribution in [0.1, 0.15) is 22.8 Å². The summed E-state index contributed by atoms with van der Waals surface area (Å²) in [5.74, 6) is -0.259. The molecule has 1 unspecified atom stereocenters. The van der Waals surface area contributed by atoms with Crippen molar-refractivity contribution in [2.45, 2.75) is 19.6 Å². The fraction of sp³-hybridized carbons (Fsp3) is 0.176. The lowest BCUT2D eigenvalue weighted by molar-refractivity contribution is 0.0430. The molecule has 0 fully saturated rings. The van der Waals surface area contributed by atoms with Crippen LogP contribution in [0.2, 0.25) is 10.0 Å². The molecule has 0 saturated heterocycles. The zero-order valence-corrected chi connectivity index (χ0v) is 13.8. The SMILES string of the molecule is CC(C#N)OC(=O)c1ccccc1OCc1ccc(Cl)cc1Cl. The van der Waals surface area contributed by atoms with Crippen LogP contribution in [0, 0.1) is 11.3 Å². The molecule has 2 aromatic rings. The van der Waals surface area contributed by atoms with Crippen molar-refractivity contribution < 1.29 is 14.3 Å². The van der Waals surface area contributed by atoms with Crippen LogP contribution in [-0.4, -0.2) is 12.1 Å². The number of para-hydroxylation sites is 1. The quantitative estimate of drug-likeness (QED) is 0.737. The summed E-state index contributed by atoms with van der Waals surface area (Å²) in [7, 11) is 0. The first-order valence-electron chi connectivity index (χ1n) is 6.77. The van der Waals surface area contributed by atoms with Gasteiger partial charge in [0.15, 0.2) is 6.10 Å². The average Bonchev–Trinajstić information content (AvgIpc) is 2.54.